The molecule has 4 nitrogen and oxygen atoms in total. The van der Waals surface area contributed by atoms with Gasteiger partial charge in [-0.15, -0.1) is 0 Å². The van der Waals surface area contributed by atoms with Crippen LogP contribution in [-0.2, 0) is 14.2 Å². The van der Waals surface area contributed by atoms with Crippen LogP contribution in [0.1, 0.15) is 13.8 Å². The van der Waals surface area contributed by atoms with Crippen LogP contribution in [-0.4, -0.2) is 51.0 Å². The van der Waals surface area contributed by atoms with Gasteiger partial charge in [0.25, 0.3) is 0 Å². The van der Waals surface area contributed by atoms with Crippen LogP contribution in [0.3, 0.4) is 0 Å². The fourth-order valence-electron chi connectivity index (χ4n) is 1.33. The molecule has 1 aliphatic rings. The van der Waals surface area contributed by atoms with E-state index in [4.69, 9.17) is 9.47 Å². The van der Waals surface area contributed by atoms with E-state index in [9.17, 15) is 13.2 Å². The predicted octanol–water partition coefficient (Wildman–Crippen LogP) is 1.31. The third kappa shape index (κ3) is 6.82. The zero-order valence-electron chi connectivity index (χ0n) is 9.97. The first kappa shape index (κ1) is 14.7. The number of nitrogens with one attached hydrogen (secondary N) is 1. The van der Waals surface area contributed by atoms with Crippen LogP contribution >= 0.6 is 0 Å². The summed E-state index contributed by atoms with van der Waals surface area (Å²) in [5.41, 5.74) is 0. The molecule has 1 aliphatic heterocycles. The smallest absolute Gasteiger partial charge is 0.371 e. The number of hydrogen-bond acceptors (Lipinski definition) is 4. The molecule has 0 unspecified atom stereocenters. The minimum absolute atomic E-state index is 0.00230. The van der Waals surface area contributed by atoms with Crippen molar-refractivity contribution in [2.75, 3.05) is 33.0 Å². The molecule has 0 aromatic rings. The van der Waals surface area contributed by atoms with Gasteiger partial charge in [0.15, 0.2) is 5.79 Å². The lowest BCUT2D eigenvalue weighted by molar-refractivity contribution is -0.253. The molecule has 1 heterocycles. The zero-order chi connectivity index (χ0) is 12.9. The van der Waals surface area contributed by atoms with Crippen molar-refractivity contribution in [3.63, 3.8) is 0 Å². The summed E-state index contributed by atoms with van der Waals surface area (Å²) in [5, 5.41) is 3.00. The molecular weight excluding hydrogens is 239 g/mol. The van der Waals surface area contributed by atoms with Gasteiger partial charge in [0, 0.05) is 6.54 Å². The second kappa shape index (κ2) is 5.99. The van der Waals surface area contributed by atoms with Crippen molar-refractivity contribution < 1.29 is 27.4 Å². The maximum Gasteiger partial charge on any atom is 0.411 e. The van der Waals surface area contributed by atoms with Gasteiger partial charge in [0.05, 0.1) is 25.9 Å². The number of rotatable bonds is 5. The number of halogens is 3. The molecule has 0 aliphatic carbocycles. The van der Waals surface area contributed by atoms with Crippen molar-refractivity contribution >= 4 is 0 Å². The maximum absolute atomic E-state index is 11.7. The van der Waals surface area contributed by atoms with Crippen LogP contribution in [0.25, 0.3) is 0 Å². The van der Waals surface area contributed by atoms with Crippen LogP contribution < -0.4 is 5.32 Å². The molecule has 0 saturated carbocycles. The summed E-state index contributed by atoms with van der Waals surface area (Å²) >= 11 is 0. The quantitative estimate of drug-likeness (QED) is 0.754. The van der Waals surface area contributed by atoms with Gasteiger partial charge in [-0.2, -0.15) is 13.2 Å². The van der Waals surface area contributed by atoms with Crippen LogP contribution in [0.4, 0.5) is 13.2 Å². The van der Waals surface area contributed by atoms with Crippen molar-refractivity contribution in [1.29, 1.82) is 0 Å². The number of ether oxygens (including phenoxy) is 3. The van der Waals surface area contributed by atoms with Gasteiger partial charge in [0.1, 0.15) is 6.61 Å². The highest BCUT2D eigenvalue weighted by atomic mass is 19.4. The van der Waals surface area contributed by atoms with E-state index in [1.807, 2.05) is 13.8 Å². The number of alkyl halides is 3. The van der Waals surface area contributed by atoms with Gasteiger partial charge in [-0.05, 0) is 13.8 Å². The lowest BCUT2D eigenvalue weighted by Gasteiger charge is -2.35. The largest absolute Gasteiger partial charge is 0.411 e. The van der Waals surface area contributed by atoms with Crippen molar-refractivity contribution in [2.45, 2.75) is 31.9 Å². The monoisotopic (exact) mass is 257 g/mol. The van der Waals surface area contributed by atoms with Gasteiger partial charge in [0.2, 0.25) is 0 Å². The Morgan fingerprint density at radius 3 is 2.41 bits per heavy atom. The van der Waals surface area contributed by atoms with Crippen molar-refractivity contribution in [2.24, 2.45) is 0 Å². The molecule has 0 atom stereocenters. The van der Waals surface area contributed by atoms with Crippen LogP contribution in [0, 0.1) is 0 Å². The molecule has 7 heteroatoms. The minimum atomic E-state index is -4.26. The standard InChI is InChI=1S/C10H18F3NO3/c1-9(2)16-5-8(6-17-9)14-3-4-15-7-10(11,12)13/h8,14H,3-7H2,1-2H3. The zero-order valence-corrected chi connectivity index (χ0v) is 9.97. The third-order valence-electron chi connectivity index (χ3n) is 2.21. The molecule has 1 N–H and O–H groups in total. The summed E-state index contributed by atoms with van der Waals surface area (Å²) < 4.78 is 50.4. The molecule has 0 aromatic carbocycles. The fraction of sp³-hybridized carbons (Fsp3) is 1.00. The molecule has 17 heavy (non-hydrogen) atoms. The molecule has 0 radical (unpaired) electrons. The second-order valence-electron chi connectivity index (χ2n) is 4.34. The summed E-state index contributed by atoms with van der Waals surface area (Å²) in [6.07, 6.45) is -4.26. The van der Waals surface area contributed by atoms with Gasteiger partial charge >= 0.3 is 6.18 Å². The first-order chi connectivity index (χ1) is 7.79. The molecular formula is C10H18F3NO3. The maximum atomic E-state index is 11.7. The minimum Gasteiger partial charge on any atom is -0.371 e. The van der Waals surface area contributed by atoms with Crippen LogP contribution in [0.2, 0.25) is 0 Å². The lowest BCUT2D eigenvalue weighted by Crippen LogP contribution is -2.49. The molecule has 0 spiro atoms. The SMILES string of the molecule is CC1(C)OCC(NCCOCC(F)(F)F)CO1. The summed E-state index contributed by atoms with van der Waals surface area (Å²) in [6, 6.07) is -0.00230. The average Bonchev–Trinajstić information content (AvgIpc) is 2.18. The topological polar surface area (TPSA) is 39.7 Å². The third-order valence-corrected chi connectivity index (χ3v) is 2.21. The molecule has 0 aromatic heterocycles. The van der Waals surface area contributed by atoms with Crippen molar-refractivity contribution in [1.82, 2.24) is 5.32 Å². The van der Waals surface area contributed by atoms with Crippen molar-refractivity contribution in [3.8, 4) is 0 Å². The molecule has 1 saturated heterocycles. The first-order valence-corrected chi connectivity index (χ1v) is 5.44. The van der Waals surface area contributed by atoms with E-state index >= 15 is 0 Å². The Hall–Kier alpha value is -0.370. The predicted molar refractivity (Wildman–Crippen MR) is 54.6 cm³/mol. The highest BCUT2D eigenvalue weighted by molar-refractivity contribution is 4.72. The van der Waals surface area contributed by atoms with Crippen LogP contribution in [0.5, 0.6) is 0 Å². The molecule has 1 fully saturated rings. The van der Waals surface area contributed by atoms with E-state index in [2.05, 4.69) is 10.1 Å². The van der Waals surface area contributed by atoms with E-state index in [0.29, 0.717) is 19.8 Å². The Morgan fingerprint density at radius 1 is 1.29 bits per heavy atom. The second-order valence-corrected chi connectivity index (χ2v) is 4.34. The summed E-state index contributed by atoms with van der Waals surface area (Å²) in [7, 11) is 0. The van der Waals surface area contributed by atoms with E-state index in [1.54, 1.807) is 0 Å². The Labute approximate surface area is 98.4 Å². The summed E-state index contributed by atoms with van der Waals surface area (Å²) in [4.78, 5) is 0. The normalized spacial score (nSPS) is 21.7. The van der Waals surface area contributed by atoms with Crippen LogP contribution in [0.15, 0.2) is 0 Å². The van der Waals surface area contributed by atoms with Gasteiger partial charge in [-0.3, -0.25) is 0 Å². The summed E-state index contributed by atoms with van der Waals surface area (Å²) in [6.45, 7) is 3.73. The fourth-order valence-corrected chi connectivity index (χ4v) is 1.33. The van der Waals surface area contributed by atoms with Gasteiger partial charge in [-0.25, -0.2) is 0 Å². The molecule has 1 rings (SSSR count). The van der Waals surface area contributed by atoms with E-state index in [-0.39, 0.29) is 12.6 Å². The van der Waals surface area contributed by atoms with Gasteiger partial charge < -0.3 is 19.5 Å². The van der Waals surface area contributed by atoms with Crippen molar-refractivity contribution in [3.05, 3.63) is 0 Å². The first-order valence-electron chi connectivity index (χ1n) is 5.44. The van der Waals surface area contributed by atoms with E-state index < -0.39 is 18.6 Å². The van der Waals surface area contributed by atoms with Gasteiger partial charge in [-0.1, -0.05) is 0 Å². The Morgan fingerprint density at radius 2 is 1.88 bits per heavy atom. The molecule has 0 amide bonds. The lowest BCUT2D eigenvalue weighted by atomic mass is 10.2. The average molecular weight is 257 g/mol. The summed E-state index contributed by atoms with van der Waals surface area (Å²) in [5.74, 6) is -0.578. The Balaban J connectivity index is 2.01. The molecule has 0 bridgehead atoms. The Kier molecular flexibility index (Phi) is 5.18. The van der Waals surface area contributed by atoms with E-state index in [0.717, 1.165) is 0 Å². The number of hydrogen-bond donors (Lipinski definition) is 1. The highest BCUT2D eigenvalue weighted by Crippen LogP contribution is 2.17. The molecule has 102 valence electrons. The Bertz CT molecular complexity index is 223. The highest BCUT2D eigenvalue weighted by Gasteiger charge is 2.28. The van der Waals surface area contributed by atoms with E-state index in [1.165, 1.54) is 0 Å².